The smallest absolute Gasteiger partial charge is 0.322 e. The summed E-state index contributed by atoms with van der Waals surface area (Å²) < 4.78 is 9.90. The SMILES string of the molecule is [CH2]CPP(=O)(O)O. The van der Waals surface area contributed by atoms with Crippen LogP contribution < -0.4 is 0 Å². The third-order valence-corrected chi connectivity index (χ3v) is 2.86. The highest BCUT2D eigenvalue weighted by Gasteiger charge is 2.08. The molecule has 0 saturated heterocycles. The zero-order chi connectivity index (χ0) is 5.91. The van der Waals surface area contributed by atoms with Crippen LogP contribution in [0.1, 0.15) is 0 Å². The van der Waals surface area contributed by atoms with Gasteiger partial charge in [-0.25, -0.2) is 0 Å². The lowest BCUT2D eigenvalue weighted by Crippen LogP contribution is -1.65. The molecule has 0 fully saturated rings. The van der Waals surface area contributed by atoms with E-state index in [-0.39, 0.29) is 8.27 Å². The van der Waals surface area contributed by atoms with Crippen molar-refractivity contribution in [2.24, 2.45) is 0 Å². The first kappa shape index (κ1) is 7.58. The predicted octanol–water partition coefficient (Wildman–Crippen LogP) is 0.592. The Balaban J connectivity index is 3.36. The Morgan fingerprint density at radius 1 is 1.71 bits per heavy atom. The summed E-state index contributed by atoms with van der Waals surface area (Å²) in [4.78, 5) is 16.2. The molecule has 43 valence electrons. The van der Waals surface area contributed by atoms with E-state index >= 15 is 0 Å². The van der Waals surface area contributed by atoms with E-state index in [0.717, 1.165) is 0 Å². The molecule has 7 heavy (non-hydrogen) atoms. The molecule has 0 aromatic rings. The summed E-state index contributed by atoms with van der Waals surface area (Å²) in [7, 11) is -4.02. The molecule has 0 spiro atoms. The molecular formula is C2H7O3P2. The minimum atomic E-state index is -3.70. The predicted molar refractivity (Wildman–Crippen MR) is 30.6 cm³/mol. The highest BCUT2D eigenvalue weighted by molar-refractivity contribution is 8.19. The van der Waals surface area contributed by atoms with E-state index in [1.165, 1.54) is 0 Å². The molecule has 5 heteroatoms. The molecule has 0 heterocycles. The van der Waals surface area contributed by atoms with Crippen molar-refractivity contribution < 1.29 is 14.4 Å². The highest BCUT2D eigenvalue weighted by Crippen LogP contribution is 2.55. The second-order valence-electron chi connectivity index (χ2n) is 0.952. The Hall–Kier alpha value is 0.580. The van der Waals surface area contributed by atoms with Gasteiger partial charge in [-0.3, -0.25) is 4.57 Å². The molecule has 1 atom stereocenters. The fourth-order valence-corrected chi connectivity index (χ4v) is 1.31. The molecule has 0 rings (SSSR count). The van der Waals surface area contributed by atoms with Crippen molar-refractivity contribution in [3.63, 3.8) is 0 Å². The van der Waals surface area contributed by atoms with Gasteiger partial charge in [-0.05, 0) is 13.1 Å². The number of hydrogen-bond donors (Lipinski definition) is 2. The van der Waals surface area contributed by atoms with Crippen LogP contribution in [0.2, 0.25) is 0 Å². The molecule has 0 amide bonds. The van der Waals surface area contributed by atoms with Crippen LogP contribution >= 0.6 is 15.6 Å². The van der Waals surface area contributed by atoms with E-state index in [9.17, 15) is 4.57 Å². The van der Waals surface area contributed by atoms with E-state index in [4.69, 9.17) is 9.79 Å². The minimum absolute atomic E-state index is 0.320. The third-order valence-electron chi connectivity index (χ3n) is 0.318. The first-order chi connectivity index (χ1) is 3.06. The molecule has 0 aliphatic carbocycles. The van der Waals surface area contributed by atoms with E-state index in [0.29, 0.717) is 6.16 Å². The Bertz CT molecular complexity index is 84.9. The summed E-state index contributed by atoms with van der Waals surface area (Å²) in [6.07, 6.45) is 0.324. The summed E-state index contributed by atoms with van der Waals surface area (Å²) in [6.45, 7) is 3.29. The molecular weight excluding hydrogens is 134 g/mol. The largest absolute Gasteiger partial charge is 0.341 e. The van der Waals surface area contributed by atoms with Crippen molar-refractivity contribution in [2.75, 3.05) is 6.16 Å². The summed E-state index contributed by atoms with van der Waals surface area (Å²) in [5.74, 6) is 0. The van der Waals surface area contributed by atoms with Gasteiger partial charge in [-0.1, -0.05) is 0 Å². The van der Waals surface area contributed by atoms with Crippen LogP contribution in [-0.4, -0.2) is 15.9 Å². The van der Waals surface area contributed by atoms with Crippen LogP contribution in [0.25, 0.3) is 0 Å². The van der Waals surface area contributed by atoms with Crippen LogP contribution in [0.15, 0.2) is 0 Å². The monoisotopic (exact) mass is 141 g/mol. The van der Waals surface area contributed by atoms with Crippen molar-refractivity contribution in [3.8, 4) is 0 Å². The Kier molecular flexibility index (Phi) is 3.01. The van der Waals surface area contributed by atoms with Gasteiger partial charge in [-0.2, -0.15) is 0 Å². The Labute approximate surface area is 44.0 Å². The number of hydrogen-bond acceptors (Lipinski definition) is 1. The van der Waals surface area contributed by atoms with Gasteiger partial charge in [0.15, 0.2) is 0 Å². The molecule has 1 radical (unpaired) electrons. The first-order valence-corrected chi connectivity index (χ1v) is 5.32. The maximum Gasteiger partial charge on any atom is 0.341 e. The van der Waals surface area contributed by atoms with Gasteiger partial charge in [-0.15, -0.1) is 0 Å². The van der Waals surface area contributed by atoms with E-state index in [1.807, 2.05) is 0 Å². The van der Waals surface area contributed by atoms with E-state index in [1.54, 1.807) is 0 Å². The lowest BCUT2D eigenvalue weighted by Gasteiger charge is -1.96. The Morgan fingerprint density at radius 3 is 2.14 bits per heavy atom. The van der Waals surface area contributed by atoms with Crippen molar-refractivity contribution in [1.29, 1.82) is 0 Å². The van der Waals surface area contributed by atoms with Crippen LogP contribution in [0.3, 0.4) is 0 Å². The van der Waals surface area contributed by atoms with Crippen LogP contribution in [0.5, 0.6) is 0 Å². The van der Waals surface area contributed by atoms with Crippen molar-refractivity contribution in [2.45, 2.75) is 0 Å². The molecule has 0 bridgehead atoms. The fraction of sp³-hybridized carbons (Fsp3) is 0.500. The zero-order valence-corrected chi connectivity index (χ0v) is 5.56. The van der Waals surface area contributed by atoms with Crippen LogP contribution in [0, 0.1) is 6.92 Å². The molecule has 0 aliphatic rings. The fourth-order valence-electron chi connectivity index (χ4n) is 0.146. The Morgan fingerprint density at radius 2 is 2.14 bits per heavy atom. The zero-order valence-electron chi connectivity index (χ0n) is 3.66. The first-order valence-electron chi connectivity index (χ1n) is 1.66. The standard InChI is InChI=1S/C2H7O3P2/c1-2-6-7(3,4)5/h6H,1-2H2,(H2,3,4,5). The minimum Gasteiger partial charge on any atom is -0.322 e. The average molecular weight is 141 g/mol. The number of rotatable bonds is 2. The third kappa shape index (κ3) is 6.58. The molecule has 0 aromatic heterocycles. The second kappa shape index (κ2) is 2.78. The summed E-state index contributed by atoms with van der Waals surface area (Å²) in [5.41, 5.74) is 0. The van der Waals surface area contributed by atoms with Gasteiger partial charge in [0.05, 0.1) is 0 Å². The van der Waals surface area contributed by atoms with E-state index < -0.39 is 7.28 Å². The summed E-state index contributed by atoms with van der Waals surface area (Å²) in [5, 5.41) is 0. The van der Waals surface area contributed by atoms with Gasteiger partial charge in [0, 0.05) is 8.27 Å². The topological polar surface area (TPSA) is 57.5 Å². The van der Waals surface area contributed by atoms with Gasteiger partial charge in [0.1, 0.15) is 0 Å². The summed E-state index contributed by atoms with van der Waals surface area (Å²) in [6, 6.07) is 0. The van der Waals surface area contributed by atoms with Gasteiger partial charge in [0.25, 0.3) is 0 Å². The molecule has 0 aromatic carbocycles. The molecule has 0 saturated carbocycles. The lowest BCUT2D eigenvalue weighted by molar-refractivity contribution is 0.396. The maximum absolute atomic E-state index is 9.90. The van der Waals surface area contributed by atoms with Gasteiger partial charge >= 0.3 is 7.28 Å². The summed E-state index contributed by atoms with van der Waals surface area (Å²) >= 11 is 0. The molecule has 1 unspecified atom stereocenters. The quantitative estimate of drug-likeness (QED) is 0.553. The van der Waals surface area contributed by atoms with Crippen molar-refractivity contribution in [3.05, 3.63) is 6.92 Å². The van der Waals surface area contributed by atoms with Crippen LogP contribution in [-0.2, 0) is 4.57 Å². The lowest BCUT2D eigenvalue weighted by atomic mass is 11.0. The van der Waals surface area contributed by atoms with Gasteiger partial charge in [0.2, 0.25) is 0 Å². The molecule has 3 nitrogen and oxygen atoms in total. The van der Waals surface area contributed by atoms with Crippen molar-refractivity contribution in [1.82, 2.24) is 0 Å². The second-order valence-corrected chi connectivity index (χ2v) is 5.55. The molecule has 0 aliphatic heterocycles. The normalized spacial score (nSPS) is 13.6. The van der Waals surface area contributed by atoms with Gasteiger partial charge < -0.3 is 9.79 Å². The highest BCUT2D eigenvalue weighted by atomic mass is 32.1. The van der Waals surface area contributed by atoms with Crippen LogP contribution in [0.4, 0.5) is 0 Å². The maximum atomic E-state index is 9.90. The average Bonchev–Trinajstić information content (AvgIpc) is 1.30. The van der Waals surface area contributed by atoms with Crippen molar-refractivity contribution >= 4 is 15.6 Å². The van der Waals surface area contributed by atoms with E-state index in [2.05, 4.69) is 6.92 Å². The molecule has 2 N–H and O–H groups in total.